The third kappa shape index (κ3) is 4.42. The van der Waals surface area contributed by atoms with Gasteiger partial charge < -0.3 is 10.0 Å². The van der Waals surface area contributed by atoms with E-state index in [1.165, 1.54) is 0 Å². The fourth-order valence-corrected chi connectivity index (χ4v) is 1.74. The van der Waals surface area contributed by atoms with Crippen LogP contribution < -0.4 is 0 Å². The first-order valence-corrected chi connectivity index (χ1v) is 6.56. The van der Waals surface area contributed by atoms with Gasteiger partial charge in [-0.1, -0.05) is 31.3 Å². The molecule has 0 aliphatic heterocycles. The SMILES string of the molecule is CCCCN(C)C(=O)c1ccc(C)c(C#CCO)c1. The number of carbonyl (C=O) groups is 1. The van der Waals surface area contributed by atoms with Gasteiger partial charge in [-0.25, -0.2) is 0 Å². The predicted molar refractivity (Wildman–Crippen MR) is 77.0 cm³/mol. The molecule has 1 rings (SSSR count). The number of aliphatic hydroxyl groups is 1. The molecule has 102 valence electrons. The van der Waals surface area contributed by atoms with Crippen LogP contribution in [-0.2, 0) is 0 Å². The maximum Gasteiger partial charge on any atom is 0.253 e. The predicted octanol–water partition coefficient (Wildman–Crippen LogP) is 2.21. The maximum absolute atomic E-state index is 12.2. The first-order chi connectivity index (χ1) is 9.10. The van der Waals surface area contributed by atoms with Crippen LogP contribution in [-0.4, -0.2) is 36.1 Å². The molecule has 0 unspecified atom stereocenters. The van der Waals surface area contributed by atoms with Crippen molar-refractivity contribution in [2.45, 2.75) is 26.7 Å². The Labute approximate surface area is 115 Å². The van der Waals surface area contributed by atoms with Crippen molar-refractivity contribution in [1.82, 2.24) is 4.90 Å². The fraction of sp³-hybridized carbons (Fsp3) is 0.438. The Morgan fingerprint density at radius 3 is 2.79 bits per heavy atom. The van der Waals surface area contributed by atoms with E-state index in [9.17, 15) is 4.79 Å². The summed E-state index contributed by atoms with van der Waals surface area (Å²) in [6.45, 7) is 4.64. The van der Waals surface area contributed by atoms with E-state index in [0.29, 0.717) is 5.56 Å². The Morgan fingerprint density at radius 2 is 2.16 bits per heavy atom. The molecule has 0 heterocycles. The normalized spacial score (nSPS) is 9.68. The van der Waals surface area contributed by atoms with Crippen LogP contribution in [0.25, 0.3) is 0 Å². The second-order valence-corrected chi connectivity index (χ2v) is 4.57. The van der Waals surface area contributed by atoms with Crippen molar-refractivity contribution >= 4 is 5.91 Å². The van der Waals surface area contributed by atoms with Gasteiger partial charge in [0, 0.05) is 24.7 Å². The summed E-state index contributed by atoms with van der Waals surface area (Å²) in [5.41, 5.74) is 2.45. The summed E-state index contributed by atoms with van der Waals surface area (Å²) in [7, 11) is 1.82. The van der Waals surface area contributed by atoms with Gasteiger partial charge in [0.15, 0.2) is 0 Å². The summed E-state index contributed by atoms with van der Waals surface area (Å²) < 4.78 is 0. The fourth-order valence-electron chi connectivity index (χ4n) is 1.74. The van der Waals surface area contributed by atoms with Crippen LogP contribution >= 0.6 is 0 Å². The average molecular weight is 259 g/mol. The molecule has 1 aromatic rings. The van der Waals surface area contributed by atoms with E-state index in [2.05, 4.69) is 18.8 Å². The number of aryl methyl sites for hydroxylation is 1. The Balaban J connectivity index is 2.92. The molecule has 0 spiro atoms. The molecule has 3 nitrogen and oxygen atoms in total. The molecular weight excluding hydrogens is 238 g/mol. The number of benzene rings is 1. The van der Waals surface area contributed by atoms with Crippen LogP contribution in [0.4, 0.5) is 0 Å². The Hall–Kier alpha value is -1.79. The number of hydrogen-bond acceptors (Lipinski definition) is 2. The summed E-state index contributed by atoms with van der Waals surface area (Å²) in [5.74, 6) is 5.50. The lowest BCUT2D eigenvalue weighted by atomic mass is 10.0. The minimum atomic E-state index is -0.173. The molecule has 0 aliphatic carbocycles. The topological polar surface area (TPSA) is 40.5 Å². The monoisotopic (exact) mass is 259 g/mol. The van der Waals surface area contributed by atoms with Gasteiger partial charge in [-0.15, -0.1) is 0 Å². The number of aliphatic hydroxyl groups excluding tert-OH is 1. The zero-order valence-corrected chi connectivity index (χ0v) is 11.9. The van der Waals surface area contributed by atoms with Crippen LogP contribution in [0, 0.1) is 18.8 Å². The molecule has 0 bridgehead atoms. The lowest BCUT2D eigenvalue weighted by Gasteiger charge is -2.17. The van der Waals surface area contributed by atoms with Crippen molar-refractivity contribution in [3.63, 3.8) is 0 Å². The molecule has 0 atom stereocenters. The number of nitrogens with zero attached hydrogens (tertiary/aromatic N) is 1. The van der Waals surface area contributed by atoms with Crippen LogP contribution in [0.5, 0.6) is 0 Å². The summed E-state index contributed by atoms with van der Waals surface area (Å²) in [4.78, 5) is 13.9. The van der Waals surface area contributed by atoms with Gasteiger partial charge in [0.25, 0.3) is 5.91 Å². The molecule has 0 aromatic heterocycles. The molecule has 1 amide bonds. The molecule has 0 aliphatic rings. The van der Waals surface area contributed by atoms with E-state index in [1.54, 1.807) is 11.0 Å². The molecule has 3 heteroatoms. The number of unbranched alkanes of at least 4 members (excludes halogenated alkanes) is 1. The van der Waals surface area contributed by atoms with Crippen LogP contribution in [0.15, 0.2) is 18.2 Å². The van der Waals surface area contributed by atoms with Crippen LogP contribution in [0.2, 0.25) is 0 Å². The zero-order valence-electron chi connectivity index (χ0n) is 11.9. The van der Waals surface area contributed by atoms with Crippen molar-refractivity contribution in [3.05, 3.63) is 34.9 Å². The van der Waals surface area contributed by atoms with Crippen molar-refractivity contribution < 1.29 is 9.90 Å². The Bertz CT molecular complexity index is 497. The van der Waals surface area contributed by atoms with Crippen molar-refractivity contribution in [2.24, 2.45) is 0 Å². The third-order valence-electron chi connectivity index (χ3n) is 2.98. The number of carbonyl (C=O) groups excluding carboxylic acids is 1. The highest BCUT2D eigenvalue weighted by Crippen LogP contribution is 2.12. The van der Waals surface area contributed by atoms with Gasteiger partial charge in [-0.3, -0.25) is 4.79 Å². The lowest BCUT2D eigenvalue weighted by molar-refractivity contribution is 0.0793. The Kier molecular flexibility index (Phi) is 6.11. The molecule has 1 aromatic carbocycles. The highest BCUT2D eigenvalue weighted by Gasteiger charge is 2.11. The molecule has 1 N–H and O–H groups in total. The molecule has 0 fully saturated rings. The van der Waals surface area contributed by atoms with Crippen LogP contribution in [0.1, 0.15) is 41.3 Å². The first kappa shape index (κ1) is 15.3. The van der Waals surface area contributed by atoms with E-state index < -0.39 is 0 Å². The second kappa shape index (κ2) is 7.60. The zero-order chi connectivity index (χ0) is 14.3. The minimum Gasteiger partial charge on any atom is -0.384 e. The molecule has 0 saturated heterocycles. The van der Waals surface area contributed by atoms with E-state index in [1.807, 2.05) is 26.1 Å². The molecular formula is C16H21NO2. The van der Waals surface area contributed by atoms with Gasteiger partial charge in [0.05, 0.1) is 0 Å². The third-order valence-corrected chi connectivity index (χ3v) is 2.98. The number of hydrogen-bond donors (Lipinski definition) is 1. The highest BCUT2D eigenvalue weighted by atomic mass is 16.2. The first-order valence-electron chi connectivity index (χ1n) is 6.56. The van der Waals surface area contributed by atoms with Crippen LogP contribution in [0.3, 0.4) is 0 Å². The van der Waals surface area contributed by atoms with Gasteiger partial charge >= 0.3 is 0 Å². The van der Waals surface area contributed by atoms with Crippen molar-refractivity contribution in [2.75, 3.05) is 20.2 Å². The summed E-state index contributed by atoms with van der Waals surface area (Å²) in [5, 5.41) is 8.73. The maximum atomic E-state index is 12.2. The van der Waals surface area contributed by atoms with Crippen molar-refractivity contribution in [1.29, 1.82) is 0 Å². The quantitative estimate of drug-likeness (QED) is 0.842. The number of amides is 1. The van der Waals surface area contributed by atoms with E-state index in [4.69, 9.17) is 5.11 Å². The van der Waals surface area contributed by atoms with Gasteiger partial charge in [0.1, 0.15) is 6.61 Å². The molecule has 19 heavy (non-hydrogen) atoms. The summed E-state index contributed by atoms with van der Waals surface area (Å²) in [6, 6.07) is 5.51. The minimum absolute atomic E-state index is 0.0144. The van der Waals surface area contributed by atoms with Gasteiger partial charge in [-0.05, 0) is 31.0 Å². The summed E-state index contributed by atoms with van der Waals surface area (Å²) in [6.07, 6.45) is 2.07. The Morgan fingerprint density at radius 1 is 1.42 bits per heavy atom. The van der Waals surface area contributed by atoms with Crippen molar-refractivity contribution in [3.8, 4) is 11.8 Å². The smallest absolute Gasteiger partial charge is 0.253 e. The summed E-state index contributed by atoms with van der Waals surface area (Å²) >= 11 is 0. The average Bonchev–Trinajstić information content (AvgIpc) is 2.43. The highest BCUT2D eigenvalue weighted by molar-refractivity contribution is 5.94. The lowest BCUT2D eigenvalue weighted by Crippen LogP contribution is -2.27. The van der Waals surface area contributed by atoms with Gasteiger partial charge in [0.2, 0.25) is 0 Å². The van der Waals surface area contributed by atoms with E-state index in [0.717, 1.165) is 30.5 Å². The van der Waals surface area contributed by atoms with Gasteiger partial charge in [-0.2, -0.15) is 0 Å². The standard InChI is InChI=1S/C16H21NO2/c1-4-5-10-17(3)16(19)15-9-8-13(2)14(12-15)7-6-11-18/h8-9,12,18H,4-5,10-11H2,1-3H3. The van der Waals surface area contributed by atoms with E-state index in [-0.39, 0.29) is 12.5 Å². The number of rotatable bonds is 4. The second-order valence-electron chi connectivity index (χ2n) is 4.57. The largest absolute Gasteiger partial charge is 0.384 e. The van der Waals surface area contributed by atoms with E-state index >= 15 is 0 Å². The molecule has 0 saturated carbocycles. The molecule has 0 radical (unpaired) electrons.